The molecule has 2 aromatic heterocycles. The highest BCUT2D eigenvalue weighted by molar-refractivity contribution is 5.91. The maximum Gasteiger partial charge on any atom is 0.286 e. The zero-order chi connectivity index (χ0) is 16.4. The quantitative estimate of drug-likeness (QED) is 0.784. The Hall–Kier alpha value is -2.56. The number of furan rings is 1. The number of hydrogen-bond acceptors (Lipinski definition) is 3. The van der Waals surface area contributed by atoms with Crippen molar-refractivity contribution in [1.29, 1.82) is 0 Å². The number of imidazole rings is 1. The number of nitrogens with one attached hydrogen (secondary N) is 1. The van der Waals surface area contributed by atoms with Gasteiger partial charge >= 0.3 is 0 Å². The molecule has 0 atom stereocenters. The number of nitrogens with zero attached hydrogens (tertiary/aromatic N) is 2. The van der Waals surface area contributed by atoms with Crippen molar-refractivity contribution < 1.29 is 9.21 Å². The van der Waals surface area contributed by atoms with E-state index in [4.69, 9.17) is 4.42 Å². The monoisotopic (exact) mass is 311 g/mol. The van der Waals surface area contributed by atoms with Crippen LogP contribution in [-0.2, 0) is 6.42 Å². The SMILES string of the molecule is Cc1nc2cc(CCNC(=O)c3ccco3)ccc2n1C(C)C. The van der Waals surface area contributed by atoms with Crippen molar-refractivity contribution in [1.82, 2.24) is 14.9 Å². The minimum Gasteiger partial charge on any atom is -0.459 e. The fourth-order valence-corrected chi connectivity index (χ4v) is 2.89. The minimum absolute atomic E-state index is 0.184. The third-order valence-electron chi connectivity index (χ3n) is 3.89. The first-order valence-electron chi connectivity index (χ1n) is 7.85. The van der Waals surface area contributed by atoms with Gasteiger partial charge in [-0.05, 0) is 57.0 Å². The van der Waals surface area contributed by atoms with Crippen LogP contribution in [0.2, 0.25) is 0 Å². The molecule has 1 aromatic carbocycles. The molecule has 120 valence electrons. The third kappa shape index (κ3) is 3.13. The molecular weight excluding hydrogens is 290 g/mol. The van der Waals surface area contributed by atoms with Crippen LogP contribution in [-0.4, -0.2) is 22.0 Å². The molecule has 0 aliphatic rings. The van der Waals surface area contributed by atoms with Gasteiger partial charge in [0.2, 0.25) is 0 Å². The van der Waals surface area contributed by atoms with Crippen molar-refractivity contribution in [2.75, 3.05) is 6.54 Å². The van der Waals surface area contributed by atoms with E-state index in [0.29, 0.717) is 18.3 Å². The van der Waals surface area contributed by atoms with E-state index in [1.807, 2.05) is 6.92 Å². The fourth-order valence-electron chi connectivity index (χ4n) is 2.89. The second kappa shape index (κ2) is 6.28. The van der Waals surface area contributed by atoms with Crippen molar-refractivity contribution in [2.45, 2.75) is 33.2 Å². The Kier molecular flexibility index (Phi) is 4.19. The Labute approximate surface area is 135 Å². The number of carbonyl (C=O) groups is 1. The molecule has 2 heterocycles. The Balaban J connectivity index is 1.68. The van der Waals surface area contributed by atoms with Gasteiger partial charge in [0, 0.05) is 12.6 Å². The maximum absolute atomic E-state index is 11.8. The van der Waals surface area contributed by atoms with Gasteiger partial charge in [-0.25, -0.2) is 4.98 Å². The number of amides is 1. The van der Waals surface area contributed by atoms with E-state index in [1.54, 1.807) is 12.1 Å². The topological polar surface area (TPSA) is 60.1 Å². The summed E-state index contributed by atoms with van der Waals surface area (Å²) in [6.07, 6.45) is 2.26. The minimum atomic E-state index is -0.184. The molecule has 3 rings (SSSR count). The standard InChI is InChI=1S/C18H21N3O2/c1-12(2)21-13(3)20-15-11-14(6-7-16(15)21)8-9-19-18(22)17-5-4-10-23-17/h4-7,10-12H,8-9H2,1-3H3,(H,19,22). The summed E-state index contributed by atoms with van der Waals surface area (Å²) in [5.74, 6) is 1.18. The molecular formula is C18H21N3O2. The molecule has 0 aliphatic heterocycles. The molecule has 0 saturated carbocycles. The van der Waals surface area contributed by atoms with Crippen LogP contribution in [0.25, 0.3) is 11.0 Å². The normalized spacial score (nSPS) is 11.3. The predicted molar refractivity (Wildman–Crippen MR) is 89.6 cm³/mol. The Morgan fingerprint density at radius 3 is 2.87 bits per heavy atom. The van der Waals surface area contributed by atoms with Crippen LogP contribution in [0.1, 0.15) is 41.8 Å². The first-order valence-corrected chi connectivity index (χ1v) is 7.85. The number of fused-ring (bicyclic) bond motifs is 1. The van der Waals surface area contributed by atoms with Gasteiger partial charge in [-0.1, -0.05) is 6.07 Å². The van der Waals surface area contributed by atoms with E-state index in [0.717, 1.165) is 28.8 Å². The van der Waals surface area contributed by atoms with Crippen molar-refractivity contribution in [3.05, 3.63) is 53.7 Å². The molecule has 3 aromatic rings. The van der Waals surface area contributed by atoms with E-state index in [2.05, 4.69) is 46.9 Å². The van der Waals surface area contributed by atoms with Crippen LogP contribution in [0.4, 0.5) is 0 Å². The lowest BCUT2D eigenvalue weighted by Gasteiger charge is -2.10. The van der Waals surface area contributed by atoms with Gasteiger partial charge in [-0.15, -0.1) is 0 Å². The van der Waals surface area contributed by atoms with E-state index in [1.165, 1.54) is 6.26 Å². The second-order valence-corrected chi connectivity index (χ2v) is 5.93. The fraction of sp³-hybridized carbons (Fsp3) is 0.333. The van der Waals surface area contributed by atoms with Crippen molar-refractivity contribution >= 4 is 16.9 Å². The van der Waals surface area contributed by atoms with Crippen LogP contribution in [0.15, 0.2) is 41.0 Å². The van der Waals surface area contributed by atoms with Gasteiger partial charge in [-0.3, -0.25) is 4.79 Å². The summed E-state index contributed by atoms with van der Waals surface area (Å²) < 4.78 is 7.30. The summed E-state index contributed by atoms with van der Waals surface area (Å²) in [6.45, 7) is 6.91. The van der Waals surface area contributed by atoms with Crippen molar-refractivity contribution in [3.8, 4) is 0 Å². The van der Waals surface area contributed by atoms with Crippen LogP contribution >= 0.6 is 0 Å². The summed E-state index contributed by atoms with van der Waals surface area (Å²) in [6, 6.07) is 10.1. The van der Waals surface area contributed by atoms with Gasteiger partial charge in [-0.2, -0.15) is 0 Å². The molecule has 0 bridgehead atoms. The smallest absolute Gasteiger partial charge is 0.286 e. The molecule has 0 unspecified atom stereocenters. The van der Waals surface area contributed by atoms with E-state index >= 15 is 0 Å². The number of benzene rings is 1. The summed E-state index contributed by atoms with van der Waals surface area (Å²) >= 11 is 0. The first-order chi connectivity index (χ1) is 11.1. The molecule has 1 amide bonds. The average molecular weight is 311 g/mol. The lowest BCUT2D eigenvalue weighted by molar-refractivity contribution is 0.0926. The molecule has 0 fully saturated rings. The number of aryl methyl sites for hydroxylation is 1. The molecule has 5 nitrogen and oxygen atoms in total. The highest BCUT2D eigenvalue weighted by Crippen LogP contribution is 2.21. The van der Waals surface area contributed by atoms with Gasteiger partial charge in [0.1, 0.15) is 5.82 Å². The maximum atomic E-state index is 11.8. The Morgan fingerprint density at radius 2 is 2.17 bits per heavy atom. The summed E-state index contributed by atoms with van der Waals surface area (Å²) in [7, 11) is 0. The van der Waals surface area contributed by atoms with Crippen LogP contribution in [0.3, 0.4) is 0 Å². The number of carbonyl (C=O) groups excluding carboxylic acids is 1. The average Bonchev–Trinajstić information content (AvgIpc) is 3.13. The van der Waals surface area contributed by atoms with Crippen LogP contribution in [0, 0.1) is 6.92 Å². The van der Waals surface area contributed by atoms with Crippen molar-refractivity contribution in [3.63, 3.8) is 0 Å². The molecule has 0 aliphatic carbocycles. The lowest BCUT2D eigenvalue weighted by Crippen LogP contribution is -2.25. The predicted octanol–water partition coefficient (Wildman–Crippen LogP) is 3.49. The molecule has 0 radical (unpaired) electrons. The van der Waals surface area contributed by atoms with Gasteiger partial charge in [0.05, 0.1) is 17.3 Å². The highest BCUT2D eigenvalue weighted by Gasteiger charge is 2.11. The van der Waals surface area contributed by atoms with E-state index < -0.39 is 0 Å². The largest absolute Gasteiger partial charge is 0.459 e. The molecule has 23 heavy (non-hydrogen) atoms. The second-order valence-electron chi connectivity index (χ2n) is 5.93. The van der Waals surface area contributed by atoms with Crippen LogP contribution < -0.4 is 5.32 Å². The number of rotatable bonds is 5. The third-order valence-corrected chi connectivity index (χ3v) is 3.89. The lowest BCUT2D eigenvalue weighted by atomic mass is 10.1. The van der Waals surface area contributed by atoms with E-state index in [9.17, 15) is 4.79 Å². The first kappa shape index (κ1) is 15.3. The van der Waals surface area contributed by atoms with Gasteiger partial charge in [0.25, 0.3) is 5.91 Å². The van der Waals surface area contributed by atoms with Crippen LogP contribution in [0.5, 0.6) is 0 Å². The molecule has 5 heteroatoms. The number of hydrogen-bond donors (Lipinski definition) is 1. The van der Waals surface area contributed by atoms with Gasteiger partial charge < -0.3 is 14.3 Å². The summed E-state index contributed by atoms with van der Waals surface area (Å²) in [5.41, 5.74) is 3.32. The number of aromatic nitrogens is 2. The van der Waals surface area contributed by atoms with E-state index in [-0.39, 0.29) is 5.91 Å². The molecule has 0 saturated heterocycles. The molecule has 0 spiro atoms. The van der Waals surface area contributed by atoms with Gasteiger partial charge in [0.15, 0.2) is 5.76 Å². The van der Waals surface area contributed by atoms with Crippen molar-refractivity contribution in [2.24, 2.45) is 0 Å². The Morgan fingerprint density at radius 1 is 1.35 bits per heavy atom. The summed E-state index contributed by atoms with van der Waals surface area (Å²) in [5, 5.41) is 2.86. The highest BCUT2D eigenvalue weighted by atomic mass is 16.3. The molecule has 1 N–H and O–H groups in total. The zero-order valence-electron chi connectivity index (χ0n) is 13.7. The summed E-state index contributed by atoms with van der Waals surface area (Å²) in [4.78, 5) is 16.5. The zero-order valence-corrected chi connectivity index (χ0v) is 13.7. The Bertz CT molecular complexity index is 816.